The fourth-order valence-electron chi connectivity index (χ4n) is 4.17. The van der Waals surface area contributed by atoms with Crippen LogP contribution in [0.2, 0.25) is 0 Å². The maximum atomic E-state index is 13.6. The first kappa shape index (κ1) is 20.0. The SMILES string of the molecule is CCOC(=O)/C=C(\C)N1NC2=C(CCc3cc(OC)ccc32)[C@@H]1c1ccc(F)cc1. The van der Waals surface area contributed by atoms with Crippen LogP contribution in [0.1, 0.15) is 43.0 Å². The van der Waals surface area contributed by atoms with E-state index in [2.05, 4.69) is 17.6 Å². The molecule has 0 aromatic heterocycles. The van der Waals surface area contributed by atoms with Gasteiger partial charge in [-0.25, -0.2) is 9.18 Å². The third kappa shape index (κ3) is 3.65. The molecule has 4 rings (SSSR count). The van der Waals surface area contributed by atoms with E-state index in [0.29, 0.717) is 6.61 Å². The molecule has 0 radical (unpaired) electrons. The number of aryl methyl sites for hydroxylation is 1. The Kier molecular flexibility index (Phi) is 5.48. The number of fused-ring (bicyclic) bond motifs is 2. The molecule has 0 spiro atoms. The van der Waals surface area contributed by atoms with Crippen LogP contribution in [0, 0.1) is 5.82 Å². The maximum absolute atomic E-state index is 13.6. The molecular formula is C24H25FN2O3. The number of carbonyl (C=O) groups excluding carboxylic acids is 1. The van der Waals surface area contributed by atoms with E-state index in [-0.39, 0.29) is 17.8 Å². The molecule has 2 aromatic carbocycles. The Morgan fingerprint density at radius 3 is 2.70 bits per heavy atom. The van der Waals surface area contributed by atoms with Gasteiger partial charge in [0.2, 0.25) is 0 Å². The van der Waals surface area contributed by atoms with Gasteiger partial charge in [0.15, 0.2) is 0 Å². The van der Waals surface area contributed by atoms with Gasteiger partial charge < -0.3 is 9.47 Å². The molecule has 0 fully saturated rings. The molecule has 2 aliphatic rings. The number of rotatable bonds is 5. The van der Waals surface area contributed by atoms with Crippen molar-refractivity contribution in [2.24, 2.45) is 0 Å². The highest BCUT2D eigenvalue weighted by Crippen LogP contribution is 2.45. The van der Waals surface area contributed by atoms with Crippen LogP contribution in [0.4, 0.5) is 4.39 Å². The lowest BCUT2D eigenvalue weighted by molar-refractivity contribution is -0.137. The summed E-state index contributed by atoms with van der Waals surface area (Å²) in [6.45, 7) is 3.97. The summed E-state index contributed by atoms with van der Waals surface area (Å²) >= 11 is 0. The van der Waals surface area contributed by atoms with Gasteiger partial charge in [-0.05, 0) is 73.7 Å². The summed E-state index contributed by atoms with van der Waals surface area (Å²) in [7, 11) is 1.67. The average Bonchev–Trinajstić information content (AvgIpc) is 3.14. The lowest BCUT2D eigenvalue weighted by Crippen LogP contribution is -2.33. The van der Waals surface area contributed by atoms with Gasteiger partial charge in [-0.2, -0.15) is 0 Å². The van der Waals surface area contributed by atoms with Crippen LogP contribution in [0.3, 0.4) is 0 Å². The van der Waals surface area contributed by atoms with Crippen LogP contribution in [0.25, 0.3) is 5.70 Å². The third-order valence-corrected chi connectivity index (χ3v) is 5.57. The fraction of sp³-hybridized carbons (Fsp3) is 0.292. The van der Waals surface area contributed by atoms with Gasteiger partial charge in [-0.15, -0.1) is 0 Å². The van der Waals surface area contributed by atoms with Crippen molar-refractivity contribution in [1.29, 1.82) is 0 Å². The molecule has 30 heavy (non-hydrogen) atoms. The van der Waals surface area contributed by atoms with E-state index in [1.54, 1.807) is 26.2 Å². The second-order valence-electron chi connectivity index (χ2n) is 7.40. The van der Waals surface area contributed by atoms with Gasteiger partial charge in [0.25, 0.3) is 0 Å². The first-order valence-corrected chi connectivity index (χ1v) is 10.1. The Balaban J connectivity index is 1.77. The Hall–Kier alpha value is -3.28. The van der Waals surface area contributed by atoms with Gasteiger partial charge >= 0.3 is 5.97 Å². The number of hydrogen-bond donors (Lipinski definition) is 1. The van der Waals surface area contributed by atoms with Crippen LogP contribution in [-0.2, 0) is 16.0 Å². The summed E-state index contributed by atoms with van der Waals surface area (Å²) in [5, 5.41) is 1.97. The van der Waals surface area contributed by atoms with E-state index >= 15 is 0 Å². The number of allylic oxidation sites excluding steroid dienone is 1. The van der Waals surface area contributed by atoms with Crippen LogP contribution in [0.15, 0.2) is 59.8 Å². The number of benzene rings is 2. The Morgan fingerprint density at radius 2 is 2.00 bits per heavy atom. The quantitative estimate of drug-likeness (QED) is 0.582. The normalized spacial score (nSPS) is 17.9. The minimum Gasteiger partial charge on any atom is -0.497 e. The summed E-state index contributed by atoms with van der Waals surface area (Å²) in [4.78, 5) is 12.1. The first-order valence-electron chi connectivity index (χ1n) is 10.1. The lowest BCUT2D eigenvalue weighted by atomic mass is 9.85. The summed E-state index contributed by atoms with van der Waals surface area (Å²) in [6, 6.07) is 12.5. The second kappa shape index (κ2) is 8.22. The lowest BCUT2D eigenvalue weighted by Gasteiger charge is -2.29. The molecule has 1 heterocycles. The number of ether oxygens (including phenoxy) is 2. The zero-order valence-corrected chi connectivity index (χ0v) is 17.4. The Bertz CT molecular complexity index is 1030. The van der Waals surface area contributed by atoms with Crippen molar-refractivity contribution in [1.82, 2.24) is 10.4 Å². The van der Waals surface area contributed by atoms with Crippen molar-refractivity contribution in [3.05, 3.63) is 82.3 Å². The van der Waals surface area contributed by atoms with Crippen molar-refractivity contribution in [2.45, 2.75) is 32.7 Å². The molecule has 0 amide bonds. The standard InChI is InChI=1S/C24H25FN2O3/c1-4-30-22(28)13-15(2)27-24(16-5-8-18(25)9-6-16)21-11-7-17-14-19(29-3)10-12-20(17)23(21)26-27/h5-6,8-10,12-14,24,26H,4,7,11H2,1-3H3/b15-13+/t24-/m0/s1. The van der Waals surface area contributed by atoms with Gasteiger partial charge in [0.1, 0.15) is 11.6 Å². The summed E-state index contributed by atoms with van der Waals surface area (Å²) in [6.07, 6.45) is 3.23. The number of hydrogen-bond acceptors (Lipinski definition) is 5. The van der Waals surface area contributed by atoms with Crippen molar-refractivity contribution >= 4 is 11.7 Å². The molecule has 0 saturated heterocycles. The van der Waals surface area contributed by atoms with Crippen molar-refractivity contribution in [3.8, 4) is 5.75 Å². The predicted molar refractivity (Wildman–Crippen MR) is 113 cm³/mol. The zero-order valence-electron chi connectivity index (χ0n) is 17.4. The Morgan fingerprint density at radius 1 is 1.23 bits per heavy atom. The molecule has 1 aliphatic heterocycles. The highest BCUT2D eigenvalue weighted by molar-refractivity contribution is 5.83. The van der Waals surface area contributed by atoms with E-state index < -0.39 is 0 Å². The number of hydrazine groups is 1. The van der Waals surface area contributed by atoms with Crippen LogP contribution < -0.4 is 10.2 Å². The average molecular weight is 408 g/mol. The molecule has 5 nitrogen and oxygen atoms in total. The number of nitrogens with one attached hydrogen (secondary N) is 1. The predicted octanol–water partition coefficient (Wildman–Crippen LogP) is 4.52. The minimum atomic E-state index is -0.385. The smallest absolute Gasteiger partial charge is 0.332 e. The molecule has 156 valence electrons. The summed E-state index contributed by atoms with van der Waals surface area (Å²) in [5.41, 5.74) is 9.78. The highest BCUT2D eigenvalue weighted by Gasteiger charge is 2.37. The number of esters is 1. The van der Waals surface area contributed by atoms with Gasteiger partial charge in [0.05, 0.1) is 25.5 Å². The molecule has 1 N–H and O–H groups in total. The van der Waals surface area contributed by atoms with Crippen molar-refractivity contribution in [3.63, 3.8) is 0 Å². The van der Waals surface area contributed by atoms with Gasteiger partial charge in [-0.3, -0.25) is 10.4 Å². The molecule has 0 unspecified atom stereocenters. The van der Waals surface area contributed by atoms with E-state index in [0.717, 1.165) is 41.1 Å². The van der Waals surface area contributed by atoms with Crippen LogP contribution >= 0.6 is 0 Å². The van der Waals surface area contributed by atoms with Gasteiger partial charge in [0, 0.05) is 17.3 Å². The molecule has 6 heteroatoms. The molecule has 0 bridgehead atoms. The first-order chi connectivity index (χ1) is 14.5. The largest absolute Gasteiger partial charge is 0.497 e. The maximum Gasteiger partial charge on any atom is 0.332 e. The summed E-state index contributed by atoms with van der Waals surface area (Å²) < 4.78 is 24.0. The molecular weight excluding hydrogens is 383 g/mol. The highest BCUT2D eigenvalue weighted by atomic mass is 19.1. The van der Waals surface area contributed by atoms with Crippen LogP contribution in [0.5, 0.6) is 5.75 Å². The number of methoxy groups -OCH3 is 1. The third-order valence-electron chi connectivity index (χ3n) is 5.57. The van der Waals surface area contributed by atoms with Crippen molar-refractivity contribution in [2.75, 3.05) is 13.7 Å². The molecule has 0 saturated carbocycles. The molecule has 1 atom stereocenters. The van der Waals surface area contributed by atoms with Gasteiger partial charge in [-0.1, -0.05) is 12.1 Å². The van der Waals surface area contributed by atoms with E-state index in [9.17, 15) is 9.18 Å². The van der Waals surface area contributed by atoms with E-state index in [1.807, 2.05) is 18.0 Å². The molecule has 2 aromatic rings. The Labute approximate surface area is 175 Å². The number of halogens is 1. The fourth-order valence-corrected chi connectivity index (χ4v) is 4.17. The summed E-state index contributed by atoms with van der Waals surface area (Å²) in [5.74, 6) is 0.177. The molecule has 1 aliphatic carbocycles. The number of nitrogens with zero attached hydrogens (tertiary/aromatic N) is 1. The van der Waals surface area contributed by atoms with Crippen LogP contribution in [-0.4, -0.2) is 24.7 Å². The van der Waals surface area contributed by atoms with Crippen molar-refractivity contribution < 1.29 is 18.7 Å². The second-order valence-corrected chi connectivity index (χ2v) is 7.40. The zero-order chi connectivity index (χ0) is 21.3. The minimum absolute atomic E-state index is 0.137. The number of carbonyl (C=O) groups is 1. The monoisotopic (exact) mass is 408 g/mol. The van der Waals surface area contributed by atoms with E-state index in [4.69, 9.17) is 9.47 Å². The topological polar surface area (TPSA) is 50.8 Å². The van der Waals surface area contributed by atoms with E-state index in [1.165, 1.54) is 29.3 Å².